The molecule has 0 atom stereocenters. The van der Waals surface area contributed by atoms with Crippen molar-refractivity contribution in [2.75, 3.05) is 11.9 Å². The van der Waals surface area contributed by atoms with Crippen LogP contribution in [0.2, 0.25) is 10.0 Å². The Kier molecular flexibility index (Phi) is 3.97. The number of aryl methyl sites for hydroxylation is 1. The van der Waals surface area contributed by atoms with Crippen LogP contribution in [0.15, 0.2) is 18.3 Å². The molecule has 0 saturated heterocycles. The Balaban J connectivity index is 2.28. The van der Waals surface area contributed by atoms with Crippen LogP contribution in [-0.4, -0.2) is 21.5 Å². The lowest BCUT2D eigenvalue weighted by atomic mass is 10.2. The van der Waals surface area contributed by atoms with Gasteiger partial charge in [-0.05, 0) is 26.0 Å². The molecule has 2 aromatic heterocycles. The second-order valence-corrected chi connectivity index (χ2v) is 6.53. The molecular formula is C14H12Cl2N4S. The molecule has 0 aliphatic rings. The van der Waals surface area contributed by atoms with E-state index >= 15 is 0 Å². The summed E-state index contributed by atoms with van der Waals surface area (Å²) < 4.78 is 0. The zero-order valence-corrected chi connectivity index (χ0v) is 13.8. The van der Waals surface area contributed by atoms with Gasteiger partial charge in [0.2, 0.25) is 0 Å². The van der Waals surface area contributed by atoms with Crippen LogP contribution >= 0.6 is 34.5 Å². The predicted molar refractivity (Wildman–Crippen MR) is 89.6 cm³/mol. The molecule has 0 amide bonds. The monoisotopic (exact) mass is 338 g/mol. The summed E-state index contributed by atoms with van der Waals surface area (Å²) >= 11 is 13.9. The average molecular weight is 339 g/mol. The fraction of sp³-hybridized carbons (Fsp3) is 0.214. The molecule has 7 heteroatoms. The van der Waals surface area contributed by atoms with Gasteiger partial charge in [0, 0.05) is 23.2 Å². The number of nitrogens with one attached hydrogen (secondary N) is 1. The van der Waals surface area contributed by atoms with Crippen molar-refractivity contribution >= 4 is 51.3 Å². The Bertz CT molecular complexity index is 816. The number of benzene rings is 1. The number of halogens is 2. The maximum atomic E-state index is 6.28. The van der Waals surface area contributed by atoms with E-state index in [2.05, 4.69) is 20.3 Å². The first-order chi connectivity index (χ1) is 10.1. The van der Waals surface area contributed by atoms with Crippen LogP contribution in [0.3, 0.4) is 0 Å². The highest BCUT2D eigenvalue weighted by atomic mass is 35.5. The minimum absolute atomic E-state index is 0.515. The minimum atomic E-state index is 0.515. The van der Waals surface area contributed by atoms with E-state index in [1.54, 1.807) is 23.6 Å². The van der Waals surface area contributed by atoms with Gasteiger partial charge in [-0.3, -0.25) is 0 Å². The van der Waals surface area contributed by atoms with Crippen molar-refractivity contribution in [1.29, 1.82) is 0 Å². The Morgan fingerprint density at radius 2 is 2.05 bits per heavy atom. The second-order valence-electron chi connectivity index (χ2n) is 4.45. The lowest BCUT2D eigenvalue weighted by Crippen LogP contribution is -2.03. The van der Waals surface area contributed by atoms with Crippen LogP contribution in [0.1, 0.15) is 11.9 Å². The summed E-state index contributed by atoms with van der Waals surface area (Å²) in [5.41, 5.74) is 0.688. The normalized spacial score (nSPS) is 11.0. The molecule has 0 fully saturated rings. The van der Waals surface area contributed by atoms with Crippen LogP contribution < -0.4 is 5.32 Å². The van der Waals surface area contributed by atoms with Crippen molar-refractivity contribution in [2.45, 2.75) is 13.8 Å². The van der Waals surface area contributed by atoms with Crippen molar-refractivity contribution in [2.24, 2.45) is 0 Å². The summed E-state index contributed by atoms with van der Waals surface area (Å²) in [5, 5.41) is 6.11. The molecular weight excluding hydrogens is 327 g/mol. The van der Waals surface area contributed by atoms with E-state index in [9.17, 15) is 0 Å². The zero-order chi connectivity index (χ0) is 15.0. The van der Waals surface area contributed by atoms with E-state index in [0.717, 1.165) is 27.6 Å². The number of rotatable bonds is 3. The second kappa shape index (κ2) is 5.75. The van der Waals surface area contributed by atoms with Crippen LogP contribution in [-0.2, 0) is 0 Å². The van der Waals surface area contributed by atoms with E-state index in [1.807, 2.05) is 19.9 Å². The number of hydrogen-bond donors (Lipinski definition) is 1. The number of aromatic nitrogens is 3. The largest absolute Gasteiger partial charge is 0.370 e. The molecule has 0 bridgehead atoms. The van der Waals surface area contributed by atoms with Gasteiger partial charge >= 0.3 is 0 Å². The molecule has 4 nitrogen and oxygen atoms in total. The third-order valence-electron chi connectivity index (χ3n) is 2.90. The summed E-state index contributed by atoms with van der Waals surface area (Å²) in [7, 11) is 0. The number of hydrogen-bond acceptors (Lipinski definition) is 5. The van der Waals surface area contributed by atoms with Crippen molar-refractivity contribution in [1.82, 2.24) is 15.0 Å². The molecule has 108 valence electrons. The van der Waals surface area contributed by atoms with E-state index in [0.29, 0.717) is 21.4 Å². The van der Waals surface area contributed by atoms with Gasteiger partial charge in [-0.25, -0.2) is 15.0 Å². The van der Waals surface area contributed by atoms with Gasteiger partial charge in [0.1, 0.15) is 5.82 Å². The van der Waals surface area contributed by atoms with E-state index < -0.39 is 0 Å². The summed E-state index contributed by atoms with van der Waals surface area (Å²) in [6.07, 6.45) is 1.78. The molecule has 0 radical (unpaired) electrons. The van der Waals surface area contributed by atoms with Gasteiger partial charge < -0.3 is 5.32 Å². The molecule has 1 aromatic carbocycles. The Morgan fingerprint density at radius 1 is 1.24 bits per heavy atom. The van der Waals surface area contributed by atoms with Crippen LogP contribution in [0.25, 0.3) is 21.6 Å². The third-order valence-corrected chi connectivity index (χ3v) is 4.32. The number of nitrogens with zero attached hydrogens (tertiary/aromatic N) is 3. The van der Waals surface area contributed by atoms with Gasteiger partial charge in [-0.2, -0.15) is 0 Å². The van der Waals surface area contributed by atoms with Crippen LogP contribution in [0, 0.1) is 6.92 Å². The van der Waals surface area contributed by atoms with Gasteiger partial charge in [0.15, 0.2) is 5.82 Å². The van der Waals surface area contributed by atoms with Gasteiger partial charge in [-0.15, -0.1) is 11.3 Å². The third kappa shape index (κ3) is 2.81. The molecule has 0 unspecified atom stereocenters. The summed E-state index contributed by atoms with van der Waals surface area (Å²) in [4.78, 5) is 14.3. The lowest BCUT2D eigenvalue weighted by molar-refractivity contribution is 1.15. The molecule has 2 heterocycles. The highest BCUT2D eigenvalue weighted by molar-refractivity contribution is 7.14. The van der Waals surface area contributed by atoms with Crippen molar-refractivity contribution < 1.29 is 0 Å². The first-order valence-electron chi connectivity index (χ1n) is 6.42. The molecule has 0 spiro atoms. The average Bonchev–Trinajstić information content (AvgIpc) is 2.86. The highest BCUT2D eigenvalue weighted by Gasteiger charge is 2.14. The minimum Gasteiger partial charge on any atom is -0.370 e. The number of anilines is 1. The SMILES string of the molecule is CCNc1nc(-c2cnc(C)s2)nc2c(Cl)cc(Cl)cc12. The maximum absolute atomic E-state index is 6.28. The van der Waals surface area contributed by atoms with Gasteiger partial charge in [0.05, 0.1) is 20.4 Å². The summed E-state index contributed by atoms with van der Waals surface area (Å²) in [6, 6.07) is 3.51. The summed E-state index contributed by atoms with van der Waals surface area (Å²) in [5.74, 6) is 1.35. The smallest absolute Gasteiger partial charge is 0.173 e. The lowest BCUT2D eigenvalue weighted by Gasteiger charge is -2.10. The quantitative estimate of drug-likeness (QED) is 0.745. The predicted octanol–water partition coefficient (Wildman–Crippen LogP) is 4.80. The first-order valence-corrected chi connectivity index (χ1v) is 7.99. The molecule has 0 saturated carbocycles. The number of fused-ring (bicyclic) bond motifs is 1. The van der Waals surface area contributed by atoms with Gasteiger partial charge in [-0.1, -0.05) is 23.2 Å². The first kappa shape index (κ1) is 14.5. The topological polar surface area (TPSA) is 50.7 Å². The van der Waals surface area contributed by atoms with E-state index in [-0.39, 0.29) is 0 Å². The molecule has 21 heavy (non-hydrogen) atoms. The Labute approximate surface area is 136 Å². The molecule has 0 aliphatic heterocycles. The van der Waals surface area contributed by atoms with E-state index in [4.69, 9.17) is 23.2 Å². The molecule has 1 N–H and O–H groups in total. The molecule has 3 rings (SSSR count). The molecule has 3 aromatic rings. The zero-order valence-electron chi connectivity index (χ0n) is 11.4. The Hall–Kier alpha value is -1.43. The van der Waals surface area contributed by atoms with E-state index in [1.165, 1.54) is 0 Å². The van der Waals surface area contributed by atoms with Crippen molar-refractivity contribution in [3.8, 4) is 10.7 Å². The van der Waals surface area contributed by atoms with Crippen LogP contribution in [0.4, 0.5) is 5.82 Å². The number of thiazole rings is 1. The van der Waals surface area contributed by atoms with Gasteiger partial charge in [0.25, 0.3) is 0 Å². The van der Waals surface area contributed by atoms with Crippen molar-refractivity contribution in [3.63, 3.8) is 0 Å². The van der Waals surface area contributed by atoms with Crippen molar-refractivity contribution in [3.05, 3.63) is 33.4 Å². The van der Waals surface area contributed by atoms with Crippen LogP contribution in [0.5, 0.6) is 0 Å². The fourth-order valence-electron chi connectivity index (χ4n) is 2.03. The molecule has 0 aliphatic carbocycles. The summed E-state index contributed by atoms with van der Waals surface area (Å²) in [6.45, 7) is 4.71. The highest BCUT2D eigenvalue weighted by Crippen LogP contribution is 2.33. The fourth-order valence-corrected chi connectivity index (χ4v) is 3.28. The standard InChI is InChI=1S/C14H12Cl2N4S/c1-3-17-13-9-4-8(15)5-10(16)12(9)19-14(20-13)11-6-18-7(2)21-11/h4-6H,3H2,1-2H3,(H,17,19,20). The Morgan fingerprint density at radius 3 is 2.71 bits per heavy atom. The maximum Gasteiger partial charge on any atom is 0.173 e.